The minimum absolute atomic E-state index is 0.0138. The smallest absolute Gasteiger partial charge is 0.254 e. The molecule has 0 spiro atoms. The summed E-state index contributed by atoms with van der Waals surface area (Å²) in [5, 5.41) is 10.1. The average Bonchev–Trinajstić information content (AvgIpc) is 2.68. The van der Waals surface area contributed by atoms with Gasteiger partial charge in [0.05, 0.1) is 19.8 Å². The molecular weight excluding hydrogens is 363 g/mol. The lowest BCUT2D eigenvalue weighted by Crippen LogP contribution is -2.35. The van der Waals surface area contributed by atoms with E-state index in [-0.39, 0.29) is 30.8 Å². The molecule has 1 aromatic heterocycles. The normalized spacial score (nSPS) is 10.8. The molecule has 7 heteroatoms. The number of nitrogens with one attached hydrogen (secondary N) is 1. The maximum atomic E-state index is 13.5. The molecule has 2 aromatic carbocycles. The first kappa shape index (κ1) is 19.6. The van der Waals surface area contributed by atoms with Crippen molar-refractivity contribution in [3.63, 3.8) is 0 Å². The molecular formula is C21H21FN2O4. The Kier molecular flexibility index (Phi) is 6.06. The Morgan fingerprint density at radius 1 is 1.21 bits per heavy atom. The third-order valence-electron chi connectivity index (χ3n) is 4.29. The molecule has 3 aromatic rings. The van der Waals surface area contributed by atoms with E-state index in [1.54, 1.807) is 18.2 Å². The highest BCUT2D eigenvalue weighted by Crippen LogP contribution is 2.20. The molecule has 0 fully saturated rings. The van der Waals surface area contributed by atoms with Gasteiger partial charge in [0.2, 0.25) is 0 Å². The third-order valence-corrected chi connectivity index (χ3v) is 4.29. The monoisotopic (exact) mass is 384 g/mol. The number of aliphatic hydroxyl groups is 1. The molecule has 1 amide bonds. The van der Waals surface area contributed by atoms with Gasteiger partial charge in [0.15, 0.2) is 0 Å². The quantitative estimate of drug-likeness (QED) is 0.656. The Morgan fingerprint density at radius 3 is 2.75 bits per heavy atom. The number of benzene rings is 2. The van der Waals surface area contributed by atoms with Gasteiger partial charge in [-0.1, -0.05) is 6.07 Å². The molecule has 0 radical (unpaired) electrons. The summed E-state index contributed by atoms with van der Waals surface area (Å²) >= 11 is 0. The lowest BCUT2D eigenvalue weighted by atomic mass is 10.1. The van der Waals surface area contributed by atoms with E-state index in [0.717, 1.165) is 11.5 Å². The number of fused-ring (bicyclic) bond motifs is 1. The lowest BCUT2D eigenvalue weighted by molar-refractivity contribution is 0.0706. The highest BCUT2D eigenvalue weighted by atomic mass is 19.1. The molecule has 0 atom stereocenters. The highest BCUT2D eigenvalue weighted by molar-refractivity contribution is 5.94. The number of aliphatic hydroxyl groups excluding tert-OH is 1. The lowest BCUT2D eigenvalue weighted by Gasteiger charge is -2.22. The number of hydrogen-bond donors (Lipinski definition) is 2. The van der Waals surface area contributed by atoms with E-state index in [0.29, 0.717) is 23.4 Å². The molecule has 0 saturated heterocycles. The third kappa shape index (κ3) is 4.37. The average molecular weight is 384 g/mol. The zero-order chi connectivity index (χ0) is 20.1. The second-order valence-electron chi connectivity index (χ2n) is 6.27. The Labute approximate surface area is 161 Å². The summed E-state index contributed by atoms with van der Waals surface area (Å²) in [4.78, 5) is 29.3. The fourth-order valence-corrected chi connectivity index (χ4v) is 2.99. The van der Waals surface area contributed by atoms with Gasteiger partial charge >= 0.3 is 0 Å². The SMILES string of the molecule is CCOc1ccc2[nH]c(=O)c(CN(CCO)C(=O)c3cccc(F)c3)cc2c1. The van der Waals surface area contributed by atoms with Crippen LogP contribution in [-0.4, -0.2) is 40.7 Å². The number of halogens is 1. The molecule has 2 N–H and O–H groups in total. The molecule has 3 rings (SSSR count). The molecule has 0 unspecified atom stereocenters. The Bertz CT molecular complexity index is 1050. The summed E-state index contributed by atoms with van der Waals surface area (Å²) < 4.78 is 18.9. The van der Waals surface area contributed by atoms with Crippen molar-refractivity contribution >= 4 is 16.8 Å². The predicted octanol–water partition coefficient (Wildman–Crippen LogP) is 2.70. The standard InChI is InChI=1S/C21H21FN2O4/c1-2-28-18-6-7-19-15(12-18)10-16(20(26)23-19)13-24(8-9-25)21(27)14-4-3-5-17(22)11-14/h3-7,10-12,25H,2,8-9,13H2,1H3,(H,23,26). The van der Waals surface area contributed by atoms with Crippen LogP contribution in [0.4, 0.5) is 4.39 Å². The topological polar surface area (TPSA) is 82.6 Å². The molecule has 0 aliphatic rings. The van der Waals surface area contributed by atoms with E-state index in [4.69, 9.17) is 4.74 Å². The van der Waals surface area contributed by atoms with Crippen LogP contribution in [0.15, 0.2) is 53.3 Å². The molecule has 146 valence electrons. The first-order valence-corrected chi connectivity index (χ1v) is 8.96. The van der Waals surface area contributed by atoms with Crippen molar-refractivity contribution in [1.29, 1.82) is 0 Å². The van der Waals surface area contributed by atoms with Gasteiger partial charge < -0.3 is 19.7 Å². The number of H-pyrrole nitrogens is 1. The summed E-state index contributed by atoms with van der Waals surface area (Å²) in [6.07, 6.45) is 0. The molecule has 28 heavy (non-hydrogen) atoms. The zero-order valence-corrected chi connectivity index (χ0v) is 15.4. The van der Waals surface area contributed by atoms with Crippen LogP contribution >= 0.6 is 0 Å². The second kappa shape index (κ2) is 8.67. The van der Waals surface area contributed by atoms with Crippen molar-refractivity contribution in [3.05, 3.63) is 75.8 Å². The predicted molar refractivity (Wildman–Crippen MR) is 104 cm³/mol. The highest BCUT2D eigenvalue weighted by Gasteiger charge is 2.18. The van der Waals surface area contributed by atoms with Gasteiger partial charge in [-0.05, 0) is 49.4 Å². The maximum absolute atomic E-state index is 13.5. The van der Waals surface area contributed by atoms with Crippen LogP contribution in [0.5, 0.6) is 5.75 Å². The van der Waals surface area contributed by atoms with E-state index in [2.05, 4.69) is 4.98 Å². The summed E-state index contributed by atoms with van der Waals surface area (Å²) in [6.45, 7) is 2.13. The van der Waals surface area contributed by atoms with Crippen molar-refractivity contribution in [3.8, 4) is 5.75 Å². The van der Waals surface area contributed by atoms with Gasteiger partial charge in [0.1, 0.15) is 11.6 Å². The molecule has 0 aliphatic carbocycles. The van der Waals surface area contributed by atoms with Crippen LogP contribution in [0.25, 0.3) is 10.9 Å². The number of aromatic nitrogens is 1. The van der Waals surface area contributed by atoms with Gasteiger partial charge in [-0.3, -0.25) is 9.59 Å². The summed E-state index contributed by atoms with van der Waals surface area (Å²) in [5.41, 5.74) is 0.845. The zero-order valence-electron chi connectivity index (χ0n) is 15.4. The Morgan fingerprint density at radius 2 is 2.04 bits per heavy atom. The molecule has 0 bridgehead atoms. The van der Waals surface area contributed by atoms with Gasteiger partial charge in [-0.15, -0.1) is 0 Å². The van der Waals surface area contributed by atoms with Crippen LogP contribution in [-0.2, 0) is 6.54 Å². The van der Waals surface area contributed by atoms with Gasteiger partial charge in [-0.2, -0.15) is 0 Å². The van der Waals surface area contributed by atoms with E-state index < -0.39 is 11.7 Å². The van der Waals surface area contributed by atoms with Crippen molar-refractivity contribution < 1.29 is 19.0 Å². The number of hydrogen-bond acceptors (Lipinski definition) is 4. The van der Waals surface area contributed by atoms with E-state index in [9.17, 15) is 19.1 Å². The van der Waals surface area contributed by atoms with Crippen LogP contribution in [0, 0.1) is 5.82 Å². The minimum Gasteiger partial charge on any atom is -0.494 e. The van der Waals surface area contributed by atoms with Crippen molar-refractivity contribution in [2.24, 2.45) is 0 Å². The van der Waals surface area contributed by atoms with Crippen LogP contribution < -0.4 is 10.3 Å². The number of ether oxygens (including phenoxy) is 1. The molecule has 0 saturated carbocycles. The number of rotatable bonds is 7. The van der Waals surface area contributed by atoms with E-state index in [1.165, 1.54) is 23.1 Å². The van der Waals surface area contributed by atoms with Crippen molar-refractivity contribution in [2.75, 3.05) is 19.8 Å². The summed E-state index contributed by atoms with van der Waals surface area (Å²) in [7, 11) is 0. The summed E-state index contributed by atoms with van der Waals surface area (Å²) in [5.74, 6) is -0.311. The van der Waals surface area contributed by atoms with E-state index >= 15 is 0 Å². The molecule has 0 aliphatic heterocycles. The number of amides is 1. The van der Waals surface area contributed by atoms with Crippen molar-refractivity contribution in [1.82, 2.24) is 9.88 Å². The second-order valence-corrected chi connectivity index (χ2v) is 6.27. The van der Waals surface area contributed by atoms with Gasteiger partial charge in [-0.25, -0.2) is 4.39 Å². The fourth-order valence-electron chi connectivity index (χ4n) is 2.99. The number of carbonyl (C=O) groups is 1. The van der Waals surface area contributed by atoms with E-state index in [1.807, 2.05) is 13.0 Å². The minimum atomic E-state index is -0.526. The Balaban J connectivity index is 1.93. The number of aromatic amines is 1. The number of pyridine rings is 1. The fraction of sp³-hybridized carbons (Fsp3) is 0.238. The first-order chi connectivity index (χ1) is 13.5. The van der Waals surface area contributed by atoms with Crippen molar-refractivity contribution in [2.45, 2.75) is 13.5 Å². The first-order valence-electron chi connectivity index (χ1n) is 8.96. The van der Waals surface area contributed by atoms with Crippen LogP contribution in [0.2, 0.25) is 0 Å². The van der Waals surface area contributed by atoms with Gasteiger partial charge in [0, 0.05) is 28.6 Å². The molecule has 1 heterocycles. The number of nitrogens with zero attached hydrogens (tertiary/aromatic N) is 1. The Hall–Kier alpha value is -3.19. The maximum Gasteiger partial charge on any atom is 0.254 e. The van der Waals surface area contributed by atoms with Crippen LogP contribution in [0.1, 0.15) is 22.8 Å². The summed E-state index contributed by atoms with van der Waals surface area (Å²) in [6, 6.07) is 12.3. The number of carbonyl (C=O) groups excluding carboxylic acids is 1. The van der Waals surface area contributed by atoms with Gasteiger partial charge in [0.25, 0.3) is 11.5 Å². The van der Waals surface area contributed by atoms with Crippen LogP contribution in [0.3, 0.4) is 0 Å². The largest absolute Gasteiger partial charge is 0.494 e. The molecule has 6 nitrogen and oxygen atoms in total.